The van der Waals surface area contributed by atoms with Gasteiger partial charge in [-0.3, -0.25) is 9.69 Å². The van der Waals surface area contributed by atoms with Crippen LogP contribution in [0.3, 0.4) is 0 Å². The minimum atomic E-state index is 0.118. The first-order chi connectivity index (χ1) is 6.79. The van der Waals surface area contributed by atoms with E-state index in [1.165, 1.54) is 0 Å². The van der Waals surface area contributed by atoms with Gasteiger partial charge in [-0.05, 0) is 32.2 Å². The van der Waals surface area contributed by atoms with Crippen molar-refractivity contribution in [2.24, 2.45) is 0 Å². The first-order valence-corrected chi connectivity index (χ1v) is 5.44. The fraction of sp³-hybridized carbons (Fsp3) is 0.900. The van der Waals surface area contributed by atoms with Crippen molar-refractivity contribution in [3.8, 4) is 0 Å². The number of amides is 1. The average molecular weight is 198 g/mol. The summed E-state index contributed by atoms with van der Waals surface area (Å²) in [5, 5.41) is 12.0. The van der Waals surface area contributed by atoms with Crippen LogP contribution in [-0.4, -0.2) is 47.7 Å². The van der Waals surface area contributed by atoms with E-state index in [2.05, 4.69) is 10.2 Å². The van der Waals surface area contributed by atoms with Crippen LogP contribution in [0.2, 0.25) is 0 Å². The van der Waals surface area contributed by atoms with Crippen molar-refractivity contribution in [1.29, 1.82) is 0 Å². The van der Waals surface area contributed by atoms with E-state index in [-0.39, 0.29) is 18.6 Å². The Morgan fingerprint density at radius 2 is 2.21 bits per heavy atom. The number of carbonyl (C=O) groups excluding carboxylic acids is 1. The lowest BCUT2D eigenvalue weighted by Gasteiger charge is -2.21. The van der Waals surface area contributed by atoms with Crippen LogP contribution < -0.4 is 5.32 Å². The molecule has 1 aliphatic carbocycles. The zero-order valence-electron chi connectivity index (χ0n) is 8.41. The molecule has 1 atom stereocenters. The lowest BCUT2D eigenvalue weighted by Crippen LogP contribution is -2.41. The Hall–Kier alpha value is -0.610. The molecule has 2 rings (SSSR count). The van der Waals surface area contributed by atoms with Crippen LogP contribution in [0.5, 0.6) is 0 Å². The molecule has 4 heteroatoms. The van der Waals surface area contributed by atoms with Crippen LogP contribution in [0, 0.1) is 0 Å². The van der Waals surface area contributed by atoms with E-state index in [0.717, 1.165) is 32.2 Å². The van der Waals surface area contributed by atoms with Gasteiger partial charge in [0.15, 0.2) is 0 Å². The Balaban J connectivity index is 1.74. The third kappa shape index (κ3) is 2.45. The molecule has 2 fully saturated rings. The van der Waals surface area contributed by atoms with E-state index in [0.29, 0.717) is 12.6 Å². The summed E-state index contributed by atoms with van der Waals surface area (Å²) < 4.78 is 0. The number of rotatable bonds is 4. The first kappa shape index (κ1) is 9.93. The molecule has 80 valence electrons. The second-order valence-corrected chi connectivity index (χ2v) is 4.29. The molecule has 0 aromatic heterocycles. The summed E-state index contributed by atoms with van der Waals surface area (Å²) in [6.45, 7) is 1.59. The zero-order valence-corrected chi connectivity index (χ0v) is 8.41. The molecule has 0 spiro atoms. The number of nitrogens with zero attached hydrogens (tertiary/aromatic N) is 1. The third-order valence-corrected chi connectivity index (χ3v) is 3.00. The largest absolute Gasteiger partial charge is 0.395 e. The number of likely N-dealkylation sites (tertiary alicyclic amines) is 1. The van der Waals surface area contributed by atoms with Crippen LogP contribution in [0.4, 0.5) is 0 Å². The van der Waals surface area contributed by atoms with Crippen molar-refractivity contribution in [3.63, 3.8) is 0 Å². The van der Waals surface area contributed by atoms with Gasteiger partial charge in [-0.15, -0.1) is 0 Å². The van der Waals surface area contributed by atoms with Gasteiger partial charge in [0.2, 0.25) is 5.91 Å². The molecule has 1 heterocycles. The molecule has 1 amide bonds. The van der Waals surface area contributed by atoms with Crippen molar-refractivity contribution < 1.29 is 9.90 Å². The lowest BCUT2D eigenvalue weighted by atomic mass is 10.2. The van der Waals surface area contributed by atoms with Crippen LogP contribution in [0.15, 0.2) is 0 Å². The maximum absolute atomic E-state index is 11.5. The summed E-state index contributed by atoms with van der Waals surface area (Å²) in [4.78, 5) is 13.6. The fourth-order valence-electron chi connectivity index (χ4n) is 2.00. The number of carbonyl (C=O) groups is 1. The summed E-state index contributed by atoms with van der Waals surface area (Å²) in [5.41, 5.74) is 0. The van der Waals surface area contributed by atoms with E-state index in [4.69, 9.17) is 5.11 Å². The average Bonchev–Trinajstić information content (AvgIpc) is 2.84. The van der Waals surface area contributed by atoms with Crippen molar-refractivity contribution in [2.45, 2.75) is 37.8 Å². The van der Waals surface area contributed by atoms with Gasteiger partial charge >= 0.3 is 0 Å². The van der Waals surface area contributed by atoms with Crippen molar-refractivity contribution >= 4 is 5.91 Å². The highest BCUT2D eigenvalue weighted by Crippen LogP contribution is 2.19. The van der Waals surface area contributed by atoms with E-state index in [1.807, 2.05) is 0 Å². The maximum atomic E-state index is 11.5. The summed E-state index contributed by atoms with van der Waals surface area (Å²) >= 11 is 0. The Morgan fingerprint density at radius 1 is 1.43 bits per heavy atom. The van der Waals surface area contributed by atoms with Gasteiger partial charge in [-0.25, -0.2) is 0 Å². The molecule has 0 radical (unpaired) electrons. The molecule has 0 aromatic carbocycles. The monoisotopic (exact) mass is 198 g/mol. The Kier molecular flexibility index (Phi) is 3.03. The standard InChI is InChI=1S/C10H18N2O2/c13-7-9-2-1-5-12(9)6-10(14)11-8-3-4-8/h8-9,13H,1-7H2,(H,11,14). The molecule has 1 unspecified atom stereocenters. The number of hydrogen-bond acceptors (Lipinski definition) is 3. The molecule has 2 N–H and O–H groups in total. The van der Waals surface area contributed by atoms with Gasteiger partial charge in [0.25, 0.3) is 0 Å². The molecule has 4 nitrogen and oxygen atoms in total. The van der Waals surface area contributed by atoms with E-state index < -0.39 is 0 Å². The fourth-order valence-corrected chi connectivity index (χ4v) is 2.00. The van der Waals surface area contributed by atoms with Crippen molar-refractivity contribution in [3.05, 3.63) is 0 Å². The normalized spacial score (nSPS) is 27.9. The Bertz CT molecular complexity index is 216. The predicted octanol–water partition coefficient (Wildman–Crippen LogP) is -0.278. The quantitative estimate of drug-likeness (QED) is 0.653. The van der Waals surface area contributed by atoms with Crippen molar-refractivity contribution in [1.82, 2.24) is 10.2 Å². The Labute approximate surface area is 84.3 Å². The van der Waals surface area contributed by atoms with Gasteiger partial charge in [0, 0.05) is 12.1 Å². The predicted molar refractivity (Wildman–Crippen MR) is 52.8 cm³/mol. The summed E-state index contributed by atoms with van der Waals surface area (Å²) in [5.74, 6) is 0.118. The van der Waals surface area contributed by atoms with Crippen molar-refractivity contribution in [2.75, 3.05) is 19.7 Å². The van der Waals surface area contributed by atoms with Gasteiger partial charge in [-0.1, -0.05) is 0 Å². The molecule has 1 saturated heterocycles. The van der Waals surface area contributed by atoms with Crippen LogP contribution in [0.1, 0.15) is 25.7 Å². The molecule has 1 aliphatic heterocycles. The smallest absolute Gasteiger partial charge is 0.234 e. The highest BCUT2D eigenvalue weighted by Gasteiger charge is 2.28. The SMILES string of the molecule is O=C(CN1CCCC1CO)NC1CC1. The van der Waals surface area contributed by atoms with E-state index >= 15 is 0 Å². The van der Waals surface area contributed by atoms with Crippen LogP contribution in [-0.2, 0) is 4.79 Å². The van der Waals surface area contributed by atoms with Gasteiger partial charge in [0.05, 0.1) is 13.2 Å². The molecule has 0 bridgehead atoms. The minimum absolute atomic E-state index is 0.118. The molecule has 14 heavy (non-hydrogen) atoms. The van der Waals surface area contributed by atoms with Crippen LogP contribution >= 0.6 is 0 Å². The number of aliphatic hydroxyl groups excluding tert-OH is 1. The van der Waals surface area contributed by atoms with E-state index in [9.17, 15) is 4.79 Å². The number of aliphatic hydroxyl groups is 1. The molecule has 0 aromatic rings. The minimum Gasteiger partial charge on any atom is -0.395 e. The summed E-state index contributed by atoms with van der Waals surface area (Å²) in [6.07, 6.45) is 4.39. The van der Waals surface area contributed by atoms with Gasteiger partial charge in [-0.2, -0.15) is 0 Å². The van der Waals surface area contributed by atoms with E-state index in [1.54, 1.807) is 0 Å². The summed E-state index contributed by atoms with van der Waals surface area (Å²) in [6, 6.07) is 0.651. The third-order valence-electron chi connectivity index (χ3n) is 3.00. The second kappa shape index (κ2) is 4.28. The van der Waals surface area contributed by atoms with Gasteiger partial charge in [0.1, 0.15) is 0 Å². The van der Waals surface area contributed by atoms with Crippen LogP contribution in [0.25, 0.3) is 0 Å². The molecule has 2 aliphatic rings. The molecular formula is C10H18N2O2. The molecular weight excluding hydrogens is 180 g/mol. The Morgan fingerprint density at radius 3 is 2.86 bits per heavy atom. The highest BCUT2D eigenvalue weighted by atomic mass is 16.3. The first-order valence-electron chi connectivity index (χ1n) is 5.44. The topological polar surface area (TPSA) is 52.6 Å². The zero-order chi connectivity index (χ0) is 9.97. The number of hydrogen-bond donors (Lipinski definition) is 2. The van der Waals surface area contributed by atoms with Gasteiger partial charge < -0.3 is 10.4 Å². The highest BCUT2D eigenvalue weighted by molar-refractivity contribution is 5.78. The lowest BCUT2D eigenvalue weighted by molar-refractivity contribution is -0.122. The molecule has 1 saturated carbocycles. The maximum Gasteiger partial charge on any atom is 0.234 e. The summed E-state index contributed by atoms with van der Waals surface area (Å²) in [7, 11) is 0. The number of nitrogens with one attached hydrogen (secondary N) is 1. The second-order valence-electron chi connectivity index (χ2n) is 4.29.